The number of hydrogen-bond acceptors (Lipinski definition) is 2. The Morgan fingerprint density at radius 2 is 1.72 bits per heavy atom. The molecule has 0 spiro atoms. The smallest absolute Gasteiger partial charge is 0.251 e. The van der Waals surface area contributed by atoms with E-state index in [1.165, 1.54) is 0 Å². The first-order chi connectivity index (χ1) is 8.63. The molecule has 0 heterocycles. The van der Waals surface area contributed by atoms with Crippen LogP contribution in [-0.4, -0.2) is 24.9 Å². The molecular formula is C13H17IN2O2. The molecule has 0 saturated carbocycles. The predicted molar refractivity (Wildman–Crippen MR) is 79.4 cm³/mol. The highest BCUT2D eigenvalue weighted by molar-refractivity contribution is 14.1. The maximum atomic E-state index is 11.7. The van der Waals surface area contributed by atoms with Crippen molar-refractivity contribution in [3.8, 4) is 0 Å². The summed E-state index contributed by atoms with van der Waals surface area (Å²) in [7, 11) is 0. The monoisotopic (exact) mass is 358 g/mol. The SMILES string of the molecule is CCCC(=O)NCCNC(=O)c1ccc([125I])cc1. The molecule has 0 saturated heterocycles. The molecule has 18 heavy (non-hydrogen) atoms. The first-order valence-corrected chi connectivity index (χ1v) is 7.02. The van der Waals surface area contributed by atoms with Crippen molar-refractivity contribution in [2.75, 3.05) is 13.1 Å². The average molecular weight is 358 g/mol. The summed E-state index contributed by atoms with van der Waals surface area (Å²) in [4.78, 5) is 22.9. The summed E-state index contributed by atoms with van der Waals surface area (Å²) in [6, 6.07) is 7.34. The largest absolute Gasteiger partial charge is 0.354 e. The summed E-state index contributed by atoms with van der Waals surface area (Å²) < 4.78 is 1.09. The van der Waals surface area contributed by atoms with E-state index < -0.39 is 0 Å². The van der Waals surface area contributed by atoms with Crippen LogP contribution in [0, 0.1) is 3.57 Å². The van der Waals surface area contributed by atoms with E-state index in [9.17, 15) is 9.59 Å². The van der Waals surface area contributed by atoms with Gasteiger partial charge in [0.25, 0.3) is 5.91 Å². The lowest BCUT2D eigenvalue weighted by atomic mass is 10.2. The zero-order valence-electron chi connectivity index (χ0n) is 10.3. The lowest BCUT2D eigenvalue weighted by Gasteiger charge is -2.06. The molecule has 0 aromatic heterocycles. The molecule has 2 amide bonds. The van der Waals surface area contributed by atoms with Crippen LogP contribution in [0.5, 0.6) is 0 Å². The van der Waals surface area contributed by atoms with Crippen LogP contribution in [-0.2, 0) is 4.79 Å². The van der Waals surface area contributed by atoms with Gasteiger partial charge in [-0.3, -0.25) is 9.59 Å². The summed E-state index contributed by atoms with van der Waals surface area (Å²) >= 11 is 2.19. The molecule has 0 atom stereocenters. The normalized spacial score (nSPS) is 9.89. The van der Waals surface area contributed by atoms with Gasteiger partial charge in [-0.1, -0.05) is 6.92 Å². The molecule has 1 aromatic carbocycles. The molecule has 2 N–H and O–H groups in total. The summed E-state index contributed by atoms with van der Waals surface area (Å²) in [6.07, 6.45) is 1.37. The quantitative estimate of drug-likeness (QED) is 0.603. The van der Waals surface area contributed by atoms with Crippen molar-refractivity contribution >= 4 is 34.4 Å². The molecular weight excluding hydrogens is 341 g/mol. The van der Waals surface area contributed by atoms with E-state index in [0.717, 1.165) is 9.99 Å². The lowest BCUT2D eigenvalue weighted by molar-refractivity contribution is -0.121. The van der Waals surface area contributed by atoms with E-state index in [0.29, 0.717) is 25.1 Å². The summed E-state index contributed by atoms with van der Waals surface area (Å²) in [6.45, 7) is 2.87. The molecule has 1 rings (SSSR count). The Hall–Kier alpha value is -1.11. The van der Waals surface area contributed by atoms with Crippen molar-refractivity contribution in [1.82, 2.24) is 10.6 Å². The third-order valence-corrected chi connectivity index (χ3v) is 3.04. The Labute approximate surface area is 121 Å². The molecule has 1 aromatic rings. The Morgan fingerprint density at radius 3 is 2.33 bits per heavy atom. The number of hydrogen-bond donors (Lipinski definition) is 2. The second kappa shape index (κ2) is 8.07. The van der Waals surface area contributed by atoms with Crippen LogP contribution in [0.1, 0.15) is 30.1 Å². The molecule has 0 radical (unpaired) electrons. The van der Waals surface area contributed by atoms with Gasteiger partial charge in [0.05, 0.1) is 0 Å². The zero-order valence-corrected chi connectivity index (χ0v) is 12.5. The van der Waals surface area contributed by atoms with E-state index in [4.69, 9.17) is 0 Å². The fraction of sp³-hybridized carbons (Fsp3) is 0.385. The highest BCUT2D eigenvalue weighted by atomic mass is 125. The van der Waals surface area contributed by atoms with Crippen LogP contribution in [0.25, 0.3) is 0 Å². The van der Waals surface area contributed by atoms with E-state index in [-0.39, 0.29) is 11.8 Å². The predicted octanol–water partition coefficient (Wildman–Crippen LogP) is 1.94. The highest BCUT2D eigenvalue weighted by Crippen LogP contribution is 2.06. The van der Waals surface area contributed by atoms with Gasteiger partial charge in [0.2, 0.25) is 5.91 Å². The van der Waals surface area contributed by atoms with E-state index in [1.54, 1.807) is 12.1 Å². The van der Waals surface area contributed by atoms with Gasteiger partial charge in [-0.25, -0.2) is 0 Å². The first kappa shape index (κ1) is 14.9. The van der Waals surface area contributed by atoms with Crippen molar-refractivity contribution in [1.29, 1.82) is 0 Å². The minimum absolute atomic E-state index is 0.0287. The Bertz CT molecular complexity index is 404. The second-order valence-electron chi connectivity index (χ2n) is 3.86. The maximum Gasteiger partial charge on any atom is 0.251 e. The fourth-order valence-electron chi connectivity index (χ4n) is 1.40. The first-order valence-electron chi connectivity index (χ1n) is 5.94. The third kappa shape index (κ3) is 5.48. The van der Waals surface area contributed by atoms with Gasteiger partial charge in [-0.15, -0.1) is 0 Å². The van der Waals surface area contributed by atoms with Gasteiger partial charge < -0.3 is 10.6 Å². The van der Waals surface area contributed by atoms with E-state index >= 15 is 0 Å². The standard InChI is InChI=1S/C13H17IN2O2/c1-2-3-12(17)15-8-9-16-13(18)10-4-6-11(14)7-5-10/h4-7H,2-3,8-9H2,1H3,(H,15,17)(H,16,18)/i14-2. The maximum absolute atomic E-state index is 11.7. The van der Waals surface area contributed by atoms with Crippen molar-refractivity contribution < 1.29 is 9.59 Å². The number of amides is 2. The van der Waals surface area contributed by atoms with Crippen LogP contribution in [0.4, 0.5) is 0 Å². The Balaban J connectivity index is 2.25. The third-order valence-electron chi connectivity index (χ3n) is 2.32. The molecule has 0 aliphatic carbocycles. The topological polar surface area (TPSA) is 58.2 Å². The van der Waals surface area contributed by atoms with Gasteiger partial charge in [0.15, 0.2) is 0 Å². The van der Waals surface area contributed by atoms with E-state index in [1.807, 2.05) is 19.1 Å². The van der Waals surface area contributed by atoms with Crippen LogP contribution >= 0.6 is 22.6 Å². The molecule has 5 heteroatoms. The second-order valence-corrected chi connectivity index (χ2v) is 5.11. The van der Waals surface area contributed by atoms with Crippen LogP contribution in [0.2, 0.25) is 0 Å². The Morgan fingerprint density at radius 1 is 1.11 bits per heavy atom. The molecule has 0 fully saturated rings. The van der Waals surface area contributed by atoms with Crippen LogP contribution in [0.15, 0.2) is 24.3 Å². The zero-order chi connectivity index (χ0) is 13.4. The molecule has 0 bridgehead atoms. The molecule has 0 aliphatic heterocycles. The molecule has 98 valence electrons. The van der Waals surface area contributed by atoms with Gasteiger partial charge >= 0.3 is 0 Å². The van der Waals surface area contributed by atoms with Crippen molar-refractivity contribution in [2.45, 2.75) is 19.8 Å². The summed E-state index contributed by atoms with van der Waals surface area (Å²) in [5, 5.41) is 5.50. The summed E-state index contributed by atoms with van der Waals surface area (Å²) in [5.74, 6) is -0.0860. The highest BCUT2D eigenvalue weighted by Gasteiger charge is 2.04. The molecule has 4 nitrogen and oxygen atoms in total. The van der Waals surface area contributed by atoms with Crippen LogP contribution < -0.4 is 10.6 Å². The lowest BCUT2D eigenvalue weighted by Crippen LogP contribution is -2.34. The number of carbonyl (C=O) groups excluding carboxylic acids is 2. The Kier molecular flexibility index (Phi) is 6.70. The van der Waals surface area contributed by atoms with Gasteiger partial charge in [-0.2, -0.15) is 0 Å². The minimum atomic E-state index is -0.115. The number of nitrogens with one attached hydrogen (secondary N) is 2. The molecule has 0 aliphatic rings. The van der Waals surface area contributed by atoms with Gasteiger partial charge in [-0.05, 0) is 53.3 Å². The minimum Gasteiger partial charge on any atom is -0.354 e. The van der Waals surface area contributed by atoms with Gasteiger partial charge in [0.1, 0.15) is 0 Å². The van der Waals surface area contributed by atoms with Crippen molar-refractivity contribution in [2.24, 2.45) is 0 Å². The van der Waals surface area contributed by atoms with Crippen molar-refractivity contribution in [3.05, 3.63) is 33.4 Å². The number of halogens is 1. The van der Waals surface area contributed by atoms with Crippen molar-refractivity contribution in [3.63, 3.8) is 0 Å². The van der Waals surface area contributed by atoms with Crippen LogP contribution in [0.3, 0.4) is 0 Å². The number of carbonyl (C=O) groups is 2. The number of benzene rings is 1. The molecule has 0 unspecified atom stereocenters. The average Bonchev–Trinajstić information content (AvgIpc) is 2.35. The fourth-order valence-corrected chi connectivity index (χ4v) is 1.76. The van der Waals surface area contributed by atoms with E-state index in [2.05, 4.69) is 33.2 Å². The van der Waals surface area contributed by atoms with Gasteiger partial charge in [0, 0.05) is 28.6 Å². The number of rotatable bonds is 6. The summed E-state index contributed by atoms with van der Waals surface area (Å²) in [5.41, 5.74) is 0.635.